The van der Waals surface area contributed by atoms with Crippen LogP contribution in [0.15, 0.2) is 42.5 Å². The Bertz CT molecular complexity index is 882. The van der Waals surface area contributed by atoms with Crippen LogP contribution in [0.1, 0.15) is 31.9 Å². The van der Waals surface area contributed by atoms with E-state index in [1.54, 1.807) is 17.0 Å². The molecular weight excluding hydrogens is 378 g/mol. The maximum absolute atomic E-state index is 13.1. The van der Waals surface area contributed by atoms with Crippen LogP contribution in [0.5, 0.6) is 5.75 Å². The van der Waals surface area contributed by atoms with Crippen LogP contribution < -0.4 is 9.64 Å². The summed E-state index contributed by atoms with van der Waals surface area (Å²) in [5.74, 6) is -0.851. The van der Waals surface area contributed by atoms with E-state index in [0.29, 0.717) is 42.6 Å². The number of anilines is 1. The zero-order valence-corrected chi connectivity index (χ0v) is 17.1. The van der Waals surface area contributed by atoms with Crippen molar-refractivity contribution in [1.29, 1.82) is 0 Å². The van der Waals surface area contributed by atoms with E-state index in [1.165, 1.54) is 5.56 Å². The monoisotopic (exact) mass is 401 g/mol. The summed E-state index contributed by atoms with van der Waals surface area (Å²) in [5.41, 5.74) is 2.64. The highest BCUT2D eigenvalue weighted by Crippen LogP contribution is 2.48. The van der Waals surface area contributed by atoms with Gasteiger partial charge in [-0.3, -0.25) is 4.79 Å². The molecule has 1 fully saturated rings. The van der Waals surface area contributed by atoms with Gasteiger partial charge in [0.2, 0.25) is 0 Å². The van der Waals surface area contributed by atoms with Gasteiger partial charge in [-0.2, -0.15) is 0 Å². The minimum atomic E-state index is -1.37. The molecule has 0 unspecified atom stereocenters. The van der Waals surface area contributed by atoms with Crippen LogP contribution in [0.4, 0.5) is 5.69 Å². The van der Waals surface area contributed by atoms with Gasteiger partial charge in [-0.1, -0.05) is 56.6 Å². The molecule has 1 saturated heterocycles. The van der Waals surface area contributed by atoms with E-state index in [9.17, 15) is 4.79 Å². The zero-order chi connectivity index (χ0) is 19.9. The summed E-state index contributed by atoms with van der Waals surface area (Å²) in [7, 11) is 0. The van der Waals surface area contributed by atoms with Gasteiger partial charge < -0.3 is 19.1 Å². The molecule has 0 aliphatic carbocycles. The average molecular weight is 402 g/mol. The summed E-state index contributed by atoms with van der Waals surface area (Å²) in [5, 5.41) is 0.497. The molecule has 0 atom stereocenters. The van der Waals surface area contributed by atoms with Gasteiger partial charge in [-0.05, 0) is 29.2 Å². The fraction of sp³-hybridized carbons (Fsp3) is 0.409. The third-order valence-electron chi connectivity index (χ3n) is 5.14. The second kappa shape index (κ2) is 7.07. The van der Waals surface area contributed by atoms with E-state index in [-0.39, 0.29) is 11.3 Å². The van der Waals surface area contributed by atoms with Crippen molar-refractivity contribution in [3.05, 3.63) is 58.6 Å². The zero-order valence-electron chi connectivity index (χ0n) is 16.3. The molecule has 2 aliphatic rings. The molecule has 1 amide bonds. The molecule has 4 rings (SSSR count). The minimum absolute atomic E-state index is 0.0938. The highest BCUT2D eigenvalue weighted by atomic mass is 35.5. The number of amides is 1. The van der Waals surface area contributed by atoms with Crippen molar-refractivity contribution in [1.82, 2.24) is 0 Å². The second-order valence-corrected chi connectivity index (χ2v) is 8.44. The third kappa shape index (κ3) is 3.17. The number of hydrogen-bond acceptors (Lipinski definition) is 4. The Hall–Kier alpha value is -2.08. The fourth-order valence-corrected chi connectivity index (χ4v) is 3.94. The van der Waals surface area contributed by atoms with Crippen LogP contribution in [0.25, 0.3) is 0 Å². The van der Waals surface area contributed by atoms with Crippen LogP contribution in [0.3, 0.4) is 0 Å². The molecule has 28 heavy (non-hydrogen) atoms. The van der Waals surface area contributed by atoms with Crippen molar-refractivity contribution in [2.45, 2.75) is 32.0 Å². The molecule has 2 aromatic rings. The number of nitrogens with zero attached hydrogens (tertiary/aromatic N) is 1. The van der Waals surface area contributed by atoms with Crippen molar-refractivity contribution >= 4 is 23.2 Å². The maximum atomic E-state index is 13.1. The lowest BCUT2D eigenvalue weighted by molar-refractivity contribution is -0.180. The Morgan fingerprint density at radius 1 is 1.11 bits per heavy atom. The molecule has 6 heteroatoms. The van der Waals surface area contributed by atoms with E-state index in [0.717, 1.165) is 5.75 Å². The average Bonchev–Trinajstić information content (AvgIpc) is 3.23. The van der Waals surface area contributed by atoms with Crippen LogP contribution in [-0.4, -0.2) is 32.3 Å². The van der Waals surface area contributed by atoms with E-state index in [1.807, 2.05) is 18.2 Å². The third-order valence-corrected chi connectivity index (χ3v) is 5.44. The number of carbonyl (C=O) groups is 1. The lowest BCUT2D eigenvalue weighted by Gasteiger charge is -2.22. The first-order chi connectivity index (χ1) is 13.3. The summed E-state index contributed by atoms with van der Waals surface area (Å²) < 4.78 is 17.3. The molecule has 2 heterocycles. The first-order valence-corrected chi connectivity index (χ1v) is 9.83. The molecule has 0 saturated carbocycles. The van der Waals surface area contributed by atoms with Gasteiger partial charge in [0.1, 0.15) is 12.4 Å². The number of rotatable bonds is 4. The van der Waals surface area contributed by atoms with Gasteiger partial charge in [0.05, 0.1) is 30.5 Å². The molecule has 2 aromatic carbocycles. The second-order valence-electron chi connectivity index (χ2n) is 8.03. The van der Waals surface area contributed by atoms with Gasteiger partial charge in [-0.25, -0.2) is 0 Å². The van der Waals surface area contributed by atoms with Crippen LogP contribution in [0.2, 0.25) is 5.02 Å². The summed E-state index contributed by atoms with van der Waals surface area (Å²) in [6, 6.07) is 13.4. The topological polar surface area (TPSA) is 48.0 Å². The van der Waals surface area contributed by atoms with Gasteiger partial charge in [0, 0.05) is 5.56 Å². The summed E-state index contributed by atoms with van der Waals surface area (Å²) in [4.78, 5) is 14.7. The van der Waals surface area contributed by atoms with Crippen LogP contribution >= 0.6 is 11.6 Å². The van der Waals surface area contributed by atoms with Crippen LogP contribution in [0, 0.1) is 0 Å². The number of halogens is 1. The number of benzene rings is 2. The minimum Gasteiger partial charge on any atom is -0.492 e. The van der Waals surface area contributed by atoms with Crippen molar-refractivity contribution in [2.75, 3.05) is 31.3 Å². The van der Waals surface area contributed by atoms with Crippen molar-refractivity contribution < 1.29 is 19.0 Å². The number of ether oxygens (including phenoxy) is 3. The molecular formula is C22H24ClNO4. The predicted octanol–water partition coefficient (Wildman–Crippen LogP) is 4.26. The molecule has 5 nitrogen and oxygen atoms in total. The quantitative estimate of drug-likeness (QED) is 0.767. The number of hydrogen-bond donors (Lipinski definition) is 0. The fourth-order valence-electron chi connectivity index (χ4n) is 3.66. The Morgan fingerprint density at radius 2 is 1.79 bits per heavy atom. The first kappa shape index (κ1) is 19.2. The predicted molar refractivity (Wildman–Crippen MR) is 108 cm³/mol. The normalized spacial score (nSPS) is 18.0. The Labute approximate surface area is 170 Å². The van der Waals surface area contributed by atoms with Gasteiger partial charge >= 0.3 is 0 Å². The van der Waals surface area contributed by atoms with Gasteiger partial charge in [0.25, 0.3) is 11.7 Å². The molecule has 0 N–H and O–H groups in total. The van der Waals surface area contributed by atoms with Crippen LogP contribution in [-0.2, 0) is 25.5 Å². The molecule has 0 aromatic heterocycles. The molecule has 0 bridgehead atoms. The Morgan fingerprint density at radius 3 is 2.43 bits per heavy atom. The summed E-state index contributed by atoms with van der Waals surface area (Å²) >= 11 is 6.40. The maximum Gasteiger partial charge on any atom is 0.292 e. The lowest BCUT2D eigenvalue weighted by atomic mass is 9.87. The Kier molecular flexibility index (Phi) is 4.86. The number of para-hydroxylation sites is 1. The van der Waals surface area contributed by atoms with E-state index < -0.39 is 5.79 Å². The van der Waals surface area contributed by atoms with E-state index in [2.05, 4.69) is 32.9 Å². The lowest BCUT2D eigenvalue weighted by Crippen LogP contribution is -2.42. The Balaban J connectivity index is 1.49. The first-order valence-electron chi connectivity index (χ1n) is 9.45. The highest BCUT2D eigenvalue weighted by Gasteiger charge is 2.56. The van der Waals surface area contributed by atoms with Gasteiger partial charge in [0.15, 0.2) is 0 Å². The van der Waals surface area contributed by atoms with Gasteiger partial charge in [-0.15, -0.1) is 0 Å². The van der Waals surface area contributed by atoms with E-state index in [4.69, 9.17) is 25.8 Å². The number of carbonyl (C=O) groups excluding carboxylic acids is 1. The molecule has 0 radical (unpaired) electrons. The number of fused-ring (bicyclic) bond motifs is 2. The van der Waals surface area contributed by atoms with Crippen molar-refractivity contribution in [2.24, 2.45) is 0 Å². The molecule has 2 aliphatic heterocycles. The standard InChI is InChI=1S/C22H24ClNO4/c1-21(2,3)15-7-9-16(10-8-15)26-12-11-24-19-17(5-4-6-18(19)23)22(20(24)25)27-13-14-28-22/h4-10H,11-14H2,1-3H3. The highest BCUT2D eigenvalue weighted by molar-refractivity contribution is 6.35. The van der Waals surface area contributed by atoms with E-state index >= 15 is 0 Å². The smallest absolute Gasteiger partial charge is 0.292 e. The van der Waals surface area contributed by atoms with Crippen molar-refractivity contribution in [3.8, 4) is 5.75 Å². The van der Waals surface area contributed by atoms with Crippen molar-refractivity contribution in [3.63, 3.8) is 0 Å². The SMILES string of the molecule is CC(C)(C)c1ccc(OCCN2C(=O)C3(OCCO3)c3cccc(Cl)c32)cc1. The summed E-state index contributed by atoms with van der Waals surface area (Å²) in [6.07, 6.45) is 0. The molecule has 1 spiro atoms. The summed E-state index contributed by atoms with van der Waals surface area (Å²) in [6.45, 7) is 7.96. The molecule has 148 valence electrons. The largest absolute Gasteiger partial charge is 0.492 e.